The quantitative estimate of drug-likeness (QED) is 0.856. The topological polar surface area (TPSA) is 28.2 Å². The maximum Gasteiger partial charge on any atom is 0.107 e. The van der Waals surface area contributed by atoms with Crippen molar-refractivity contribution < 1.29 is 0 Å². The zero-order chi connectivity index (χ0) is 12.4. The minimum absolute atomic E-state index is 0.746. The van der Waals surface area contributed by atoms with E-state index in [2.05, 4.69) is 22.5 Å². The van der Waals surface area contributed by atoms with Crippen molar-refractivity contribution in [3.8, 4) is 0 Å². The molecule has 0 radical (unpaired) electrons. The molecular weight excluding hydrogens is 242 g/mol. The summed E-state index contributed by atoms with van der Waals surface area (Å²) >= 11 is 1.85. The van der Waals surface area contributed by atoms with Gasteiger partial charge >= 0.3 is 0 Å². The molecule has 1 atom stereocenters. The van der Waals surface area contributed by atoms with Gasteiger partial charge in [-0.1, -0.05) is 13.3 Å². The molecule has 1 unspecified atom stereocenters. The van der Waals surface area contributed by atoms with Crippen LogP contribution in [0.15, 0.2) is 5.38 Å². The van der Waals surface area contributed by atoms with E-state index in [9.17, 15) is 0 Å². The predicted octanol–water partition coefficient (Wildman–Crippen LogP) is 2.42. The number of rotatable bonds is 6. The zero-order valence-electron chi connectivity index (χ0n) is 11.2. The lowest BCUT2D eigenvalue weighted by Gasteiger charge is -2.27. The van der Waals surface area contributed by atoms with Crippen molar-refractivity contribution in [1.82, 2.24) is 15.2 Å². The van der Waals surface area contributed by atoms with Crippen LogP contribution in [-0.2, 0) is 13.0 Å². The average Bonchev–Trinajstić information content (AvgIpc) is 2.89. The number of aromatic nitrogens is 1. The Hall–Kier alpha value is -0.450. The minimum atomic E-state index is 0.746. The van der Waals surface area contributed by atoms with E-state index in [1.54, 1.807) is 0 Å². The summed E-state index contributed by atoms with van der Waals surface area (Å²) in [5.41, 5.74) is 1.29. The molecule has 100 valence electrons. The molecular formula is C14H23N3S. The molecule has 18 heavy (non-hydrogen) atoms. The van der Waals surface area contributed by atoms with Crippen LogP contribution in [0, 0.1) is 0 Å². The van der Waals surface area contributed by atoms with Crippen LogP contribution in [0.4, 0.5) is 0 Å². The van der Waals surface area contributed by atoms with E-state index in [4.69, 9.17) is 4.98 Å². The van der Waals surface area contributed by atoms with Gasteiger partial charge in [0.25, 0.3) is 0 Å². The molecule has 3 nitrogen and oxygen atoms in total. The molecule has 3 rings (SSSR count). The highest BCUT2D eigenvalue weighted by molar-refractivity contribution is 7.09. The van der Waals surface area contributed by atoms with Crippen LogP contribution in [0.3, 0.4) is 0 Å². The summed E-state index contributed by atoms with van der Waals surface area (Å²) < 4.78 is 0. The first-order chi connectivity index (χ1) is 8.86. The van der Waals surface area contributed by atoms with Crippen LogP contribution in [0.1, 0.15) is 43.3 Å². The first kappa shape index (κ1) is 12.6. The number of nitrogens with zero attached hydrogens (tertiary/aromatic N) is 2. The molecule has 2 fully saturated rings. The molecule has 1 aromatic rings. The molecule has 1 aliphatic carbocycles. The van der Waals surface area contributed by atoms with Crippen LogP contribution in [0.25, 0.3) is 0 Å². The van der Waals surface area contributed by atoms with Gasteiger partial charge in [0.05, 0.1) is 12.2 Å². The number of hydrogen-bond acceptors (Lipinski definition) is 4. The van der Waals surface area contributed by atoms with Crippen molar-refractivity contribution in [2.75, 3.05) is 13.1 Å². The Balaban J connectivity index is 1.63. The van der Waals surface area contributed by atoms with Crippen molar-refractivity contribution in [3.63, 3.8) is 0 Å². The third-order valence-corrected chi connectivity index (χ3v) is 4.82. The molecule has 0 aromatic carbocycles. The van der Waals surface area contributed by atoms with Gasteiger partial charge in [0.1, 0.15) is 5.01 Å². The molecule has 0 spiro atoms. The normalized spacial score (nSPS) is 24.0. The fourth-order valence-corrected chi connectivity index (χ4v) is 3.67. The van der Waals surface area contributed by atoms with Crippen molar-refractivity contribution in [2.45, 2.75) is 57.7 Å². The highest BCUT2D eigenvalue weighted by Gasteiger charge is 2.35. The Kier molecular flexibility index (Phi) is 3.97. The zero-order valence-corrected chi connectivity index (χ0v) is 12.0. The van der Waals surface area contributed by atoms with Crippen LogP contribution < -0.4 is 5.32 Å². The summed E-state index contributed by atoms with van der Waals surface area (Å²) in [5, 5.41) is 7.05. The molecule has 0 amide bonds. The summed E-state index contributed by atoms with van der Waals surface area (Å²) in [4.78, 5) is 7.48. The standard InChI is InChI=1S/C14H23N3S/c1-2-3-11-10-18-14(16-11)9-17(12-4-5-12)13-6-7-15-8-13/h10,12-13,15H,2-9H2,1H3. The van der Waals surface area contributed by atoms with E-state index in [0.29, 0.717) is 0 Å². The number of thiazole rings is 1. The molecule has 4 heteroatoms. The van der Waals surface area contributed by atoms with Crippen LogP contribution in [-0.4, -0.2) is 35.1 Å². The predicted molar refractivity (Wildman–Crippen MR) is 75.9 cm³/mol. The van der Waals surface area contributed by atoms with E-state index in [0.717, 1.165) is 25.0 Å². The minimum Gasteiger partial charge on any atom is -0.315 e. The largest absolute Gasteiger partial charge is 0.315 e. The highest BCUT2D eigenvalue weighted by Crippen LogP contribution is 2.32. The van der Waals surface area contributed by atoms with Gasteiger partial charge in [0, 0.05) is 24.0 Å². The van der Waals surface area contributed by atoms with Gasteiger partial charge in [0.15, 0.2) is 0 Å². The van der Waals surface area contributed by atoms with E-state index in [1.807, 2.05) is 11.3 Å². The van der Waals surface area contributed by atoms with Crippen molar-refractivity contribution in [3.05, 3.63) is 16.1 Å². The third kappa shape index (κ3) is 2.92. The van der Waals surface area contributed by atoms with E-state index in [1.165, 1.54) is 49.5 Å². The van der Waals surface area contributed by atoms with Gasteiger partial charge in [-0.25, -0.2) is 4.98 Å². The molecule has 1 saturated carbocycles. The molecule has 1 aliphatic heterocycles. The Morgan fingerprint density at radius 1 is 1.39 bits per heavy atom. The molecule has 1 saturated heterocycles. The van der Waals surface area contributed by atoms with E-state index in [-0.39, 0.29) is 0 Å². The maximum atomic E-state index is 4.78. The lowest BCUT2D eigenvalue weighted by Crippen LogP contribution is -2.38. The molecule has 1 aromatic heterocycles. The number of aryl methyl sites for hydroxylation is 1. The molecule has 0 bridgehead atoms. The van der Waals surface area contributed by atoms with Gasteiger partial charge in [-0.05, 0) is 32.2 Å². The second-order valence-electron chi connectivity index (χ2n) is 5.53. The summed E-state index contributed by atoms with van der Waals surface area (Å²) in [7, 11) is 0. The van der Waals surface area contributed by atoms with Crippen molar-refractivity contribution in [2.24, 2.45) is 0 Å². The number of hydrogen-bond donors (Lipinski definition) is 1. The van der Waals surface area contributed by atoms with Crippen LogP contribution >= 0.6 is 11.3 Å². The lowest BCUT2D eigenvalue weighted by molar-refractivity contribution is 0.188. The summed E-state index contributed by atoms with van der Waals surface area (Å²) in [5.74, 6) is 0. The summed E-state index contributed by atoms with van der Waals surface area (Å²) in [6.07, 6.45) is 6.42. The molecule has 2 heterocycles. The van der Waals surface area contributed by atoms with Gasteiger partial charge in [-0.3, -0.25) is 4.90 Å². The summed E-state index contributed by atoms with van der Waals surface area (Å²) in [6.45, 7) is 5.65. The second-order valence-corrected chi connectivity index (χ2v) is 6.48. The van der Waals surface area contributed by atoms with Gasteiger partial charge in [0.2, 0.25) is 0 Å². The van der Waals surface area contributed by atoms with E-state index < -0.39 is 0 Å². The van der Waals surface area contributed by atoms with Gasteiger partial charge in [-0.15, -0.1) is 11.3 Å². The maximum absolute atomic E-state index is 4.78. The Labute approximate surface area is 114 Å². The fourth-order valence-electron chi connectivity index (χ4n) is 2.83. The van der Waals surface area contributed by atoms with Gasteiger partial charge < -0.3 is 5.32 Å². The highest BCUT2D eigenvalue weighted by atomic mass is 32.1. The lowest BCUT2D eigenvalue weighted by atomic mass is 10.2. The van der Waals surface area contributed by atoms with Crippen molar-refractivity contribution in [1.29, 1.82) is 0 Å². The molecule has 1 N–H and O–H groups in total. The van der Waals surface area contributed by atoms with Gasteiger partial charge in [-0.2, -0.15) is 0 Å². The Morgan fingerprint density at radius 2 is 2.28 bits per heavy atom. The van der Waals surface area contributed by atoms with Crippen LogP contribution in [0.5, 0.6) is 0 Å². The average molecular weight is 265 g/mol. The summed E-state index contributed by atoms with van der Waals surface area (Å²) in [6, 6.07) is 1.59. The first-order valence-electron chi connectivity index (χ1n) is 7.26. The monoisotopic (exact) mass is 265 g/mol. The van der Waals surface area contributed by atoms with Crippen LogP contribution in [0.2, 0.25) is 0 Å². The smallest absolute Gasteiger partial charge is 0.107 e. The second kappa shape index (κ2) is 5.68. The first-order valence-corrected chi connectivity index (χ1v) is 8.14. The molecule has 2 aliphatic rings. The SMILES string of the molecule is CCCc1csc(CN(C2CC2)C2CCNC2)n1. The third-order valence-electron chi connectivity index (χ3n) is 3.94. The Morgan fingerprint density at radius 3 is 2.94 bits per heavy atom. The number of nitrogens with one attached hydrogen (secondary N) is 1. The van der Waals surface area contributed by atoms with Crippen molar-refractivity contribution >= 4 is 11.3 Å². The fraction of sp³-hybridized carbons (Fsp3) is 0.786. The van der Waals surface area contributed by atoms with E-state index >= 15 is 0 Å². The Bertz CT molecular complexity index is 380.